The monoisotopic (exact) mass is 354 g/mol. The molecule has 0 amide bonds. The maximum absolute atomic E-state index is 11.7. The van der Waals surface area contributed by atoms with E-state index in [-0.39, 0.29) is 19.8 Å². The summed E-state index contributed by atoms with van der Waals surface area (Å²) in [5.74, 6) is -0.176. The smallest absolute Gasteiger partial charge is 0.191 e. The van der Waals surface area contributed by atoms with Crippen LogP contribution in [0.15, 0.2) is 23.1 Å². The van der Waals surface area contributed by atoms with Crippen molar-refractivity contribution >= 4 is 32.4 Å². The Bertz CT molecular complexity index is 486. The molecule has 0 saturated heterocycles. The molecule has 0 atom stereocenters. The minimum absolute atomic E-state index is 0.0225. The predicted molar refractivity (Wildman–Crippen MR) is 72.9 cm³/mol. The van der Waals surface area contributed by atoms with E-state index in [1.165, 1.54) is 6.07 Å². The molecule has 1 aromatic carbocycles. The third kappa shape index (κ3) is 2.88. The summed E-state index contributed by atoms with van der Waals surface area (Å²) in [6.07, 6.45) is 0. The van der Waals surface area contributed by atoms with Crippen LogP contribution in [0.2, 0.25) is 0 Å². The molecule has 0 saturated carbocycles. The van der Waals surface area contributed by atoms with E-state index in [1.807, 2.05) is 20.8 Å². The molecule has 1 N–H and O–H groups in total. The van der Waals surface area contributed by atoms with Gasteiger partial charge >= 0.3 is 0 Å². The van der Waals surface area contributed by atoms with Crippen molar-refractivity contribution in [2.24, 2.45) is 0 Å². The van der Waals surface area contributed by atoms with Crippen LogP contribution in [-0.2, 0) is 15.3 Å². The van der Waals surface area contributed by atoms with Crippen LogP contribution in [0.4, 0.5) is 0 Å². The molecule has 0 fully saturated rings. The molecule has 0 aliphatic rings. The van der Waals surface area contributed by atoms with E-state index in [0.717, 1.165) is 5.56 Å². The molecule has 3 nitrogen and oxygen atoms in total. The molecule has 0 spiro atoms. The number of aromatic hydroxyl groups is 1. The second kappa shape index (κ2) is 4.52. The summed E-state index contributed by atoms with van der Waals surface area (Å²) in [6.45, 7) is 6.00. The molecule has 90 valence electrons. The number of alkyl halides is 1. The van der Waals surface area contributed by atoms with Gasteiger partial charge in [-0.05, 0) is 23.1 Å². The van der Waals surface area contributed by atoms with Crippen molar-refractivity contribution in [3.05, 3.63) is 23.8 Å². The number of phenolic OH excluding ortho intramolecular Hbond substituents is 1. The summed E-state index contributed by atoms with van der Waals surface area (Å²) in [4.78, 5) is 0.0225. The highest BCUT2D eigenvalue weighted by atomic mass is 127. The third-order valence-corrected chi connectivity index (χ3v) is 6.05. The molecule has 16 heavy (non-hydrogen) atoms. The molecular weight excluding hydrogens is 339 g/mol. The van der Waals surface area contributed by atoms with Crippen LogP contribution in [0.5, 0.6) is 5.75 Å². The average Bonchev–Trinajstić information content (AvgIpc) is 2.16. The maximum Gasteiger partial charge on any atom is 0.191 e. The van der Waals surface area contributed by atoms with E-state index >= 15 is 0 Å². The zero-order chi connectivity index (χ0) is 12.6. The number of hydrogen-bond donors (Lipinski definition) is 1. The van der Waals surface area contributed by atoms with Crippen LogP contribution >= 0.6 is 22.6 Å². The summed E-state index contributed by atoms with van der Waals surface area (Å²) in [5.41, 5.74) is 0.761. The van der Waals surface area contributed by atoms with Gasteiger partial charge in [-0.15, -0.1) is 0 Å². The lowest BCUT2D eigenvalue weighted by Crippen LogP contribution is -2.12. The first-order valence-electron chi connectivity index (χ1n) is 4.81. The van der Waals surface area contributed by atoms with Gasteiger partial charge in [-0.3, -0.25) is 0 Å². The van der Waals surface area contributed by atoms with Crippen LogP contribution in [0.25, 0.3) is 0 Å². The van der Waals surface area contributed by atoms with Gasteiger partial charge in [0.15, 0.2) is 9.84 Å². The standard InChI is InChI=1S/C11H15IO3S/c1-11(2,3)8-4-5-9(13)10(6-8)16(14,15)7-12/h4-6,13H,7H2,1-3H3. The number of hydrogen-bond acceptors (Lipinski definition) is 3. The molecule has 0 heterocycles. The van der Waals surface area contributed by atoms with Gasteiger partial charge in [0.25, 0.3) is 0 Å². The first-order chi connectivity index (χ1) is 7.18. The van der Waals surface area contributed by atoms with Crippen LogP contribution in [-0.4, -0.2) is 17.3 Å². The minimum Gasteiger partial charge on any atom is -0.507 e. The first kappa shape index (κ1) is 13.8. The van der Waals surface area contributed by atoms with Crippen molar-refractivity contribution < 1.29 is 13.5 Å². The molecule has 0 unspecified atom stereocenters. The maximum atomic E-state index is 11.7. The van der Waals surface area contributed by atoms with Gasteiger partial charge in [0.1, 0.15) is 14.4 Å². The van der Waals surface area contributed by atoms with Gasteiger partial charge in [-0.1, -0.05) is 49.4 Å². The number of phenols is 1. The fraction of sp³-hybridized carbons (Fsp3) is 0.455. The van der Waals surface area contributed by atoms with Crippen molar-refractivity contribution in [1.29, 1.82) is 0 Å². The van der Waals surface area contributed by atoms with E-state index in [2.05, 4.69) is 0 Å². The minimum atomic E-state index is -3.37. The van der Waals surface area contributed by atoms with Gasteiger partial charge in [0, 0.05) is 0 Å². The Labute approximate surface area is 110 Å². The summed E-state index contributed by atoms with van der Waals surface area (Å²) in [5, 5.41) is 9.58. The van der Waals surface area contributed by atoms with E-state index in [9.17, 15) is 13.5 Å². The molecule has 0 aromatic heterocycles. The molecule has 1 aromatic rings. The quantitative estimate of drug-likeness (QED) is 0.656. The number of benzene rings is 1. The van der Waals surface area contributed by atoms with E-state index in [1.54, 1.807) is 34.7 Å². The van der Waals surface area contributed by atoms with Crippen molar-refractivity contribution in [1.82, 2.24) is 0 Å². The SMILES string of the molecule is CC(C)(C)c1ccc(O)c(S(=O)(=O)CI)c1. The van der Waals surface area contributed by atoms with Crippen molar-refractivity contribution in [2.75, 3.05) is 3.76 Å². The number of sulfone groups is 1. The van der Waals surface area contributed by atoms with Gasteiger partial charge in [-0.25, -0.2) is 8.42 Å². The highest BCUT2D eigenvalue weighted by Gasteiger charge is 2.21. The Balaban J connectivity index is 3.42. The van der Waals surface area contributed by atoms with E-state index in [0.29, 0.717) is 0 Å². The number of halogens is 1. The highest BCUT2D eigenvalue weighted by molar-refractivity contribution is 14.1. The molecule has 1 rings (SSSR count). The lowest BCUT2D eigenvalue weighted by molar-refractivity contribution is 0.457. The molecule has 0 aliphatic carbocycles. The zero-order valence-electron chi connectivity index (χ0n) is 9.49. The summed E-state index contributed by atoms with van der Waals surface area (Å²) < 4.78 is 23.4. The van der Waals surface area contributed by atoms with Gasteiger partial charge < -0.3 is 5.11 Å². The Kier molecular flexibility index (Phi) is 3.89. The Morgan fingerprint density at radius 3 is 2.31 bits per heavy atom. The van der Waals surface area contributed by atoms with E-state index < -0.39 is 9.84 Å². The lowest BCUT2D eigenvalue weighted by atomic mass is 9.87. The van der Waals surface area contributed by atoms with Gasteiger partial charge in [0.2, 0.25) is 0 Å². The third-order valence-electron chi connectivity index (χ3n) is 2.30. The van der Waals surface area contributed by atoms with Crippen LogP contribution in [0.1, 0.15) is 26.3 Å². The molecular formula is C11H15IO3S. The Morgan fingerprint density at radius 1 is 1.31 bits per heavy atom. The fourth-order valence-corrected chi connectivity index (χ4v) is 3.11. The molecule has 5 heteroatoms. The Morgan fingerprint density at radius 2 is 1.88 bits per heavy atom. The topological polar surface area (TPSA) is 54.4 Å². The Hall–Kier alpha value is -0.300. The van der Waals surface area contributed by atoms with Crippen LogP contribution < -0.4 is 0 Å². The number of rotatable bonds is 2. The predicted octanol–water partition coefficient (Wildman–Crippen LogP) is 2.86. The second-order valence-corrected chi connectivity index (χ2v) is 8.41. The molecule has 0 radical (unpaired) electrons. The molecule has 0 aliphatic heterocycles. The van der Waals surface area contributed by atoms with Crippen LogP contribution in [0, 0.1) is 0 Å². The summed E-state index contributed by atoms with van der Waals surface area (Å²) in [6, 6.07) is 4.75. The highest BCUT2D eigenvalue weighted by Crippen LogP contribution is 2.31. The summed E-state index contributed by atoms with van der Waals surface area (Å²) in [7, 11) is -3.37. The van der Waals surface area contributed by atoms with Crippen molar-refractivity contribution in [2.45, 2.75) is 31.1 Å². The fourth-order valence-electron chi connectivity index (χ4n) is 1.29. The van der Waals surface area contributed by atoms with Gasteiger partial charge in [0.05, 0.1) is 0 Å². The average molecular weight is 354 g/mol. The van der Waals surface area contributed by atoms with Gasteiger partial charge in [-0.2, -0.15) is 0 Å². The first-order valence-corrected chi connectivity index (χ1v) is 7.98. The normalized spacial score (nSPS) is 12.8. The van der Waals surface area contributed by atoms with E-state index in [4.69, 9.17) is 0 Å². The van der Waals surface area contributed by atoms with Crippen LogP contribution in [0.3, 0.4) is 0 Å². The van der Waals surface area contributed by atoms with Crippen molar-refractivity contribution in [3.63, 3.8) is 0 Å². The lowest BCUT2D eigenvalue weighted by Gasteiger charge is -2.20. The second-order valence-electron chi connectivity index (χ2n) is 4.66. The summed E-state index contributed by atoms with van der Waals surface area (Å²) >= 11 is 1.78. The molecule has 0 bridgehead atoms. The zero-order valence-corrected chi connectivity index (χ0v) is 12.5. The van der Waals surface area contributed by atoms with Crippen molar-refractivity contribution in [3.8, 4) is 5.75 Å². The largest absolute Gasteiger partial charge is 0.507 e.